The number of hydrogen-bond acceptors (Lipinski definition) is 8. The number of carbonyl (C=O) groups excluding carboxylic acids is 2. The van der Waals surface area contributed by atoms with Crippen LogP contribution in [-0.4, -0.2) is 45.8 Å². The highest BCUT2D eigenvalue weighted by atomic mass is 127. The van der Waals surface area contributed by atoms with Crippen molar-refractivity contribution >= 4 is 63.6 Å². The number of nitrogens with two attached hydrogens (primary N) is 2. The van der Waals surface area contributed by atoms with Gasteiger partial charge in [-0.3, -0.25) is 9.59 Å². The number of carbonyl (C=O) groups is 2. The third-order valence-electron chi connectivity index (χ3n) is 4.21. The van der Waals surface area contributed by atoms with Gasteiger partial charge in [-0.1, -0.05) is 23.7 Å². The van der Waals surface area contributed by atoms with E-state index in [-0.39, 0.29) is 47.4 Å². The Morgan fingerprint density at radius 2 is 1.88 bits per heavy atom. The molecule has 0 bridgehead atoms. The van der Waals surface area contributed by atoms with E-state index in [2.05, 4.69) is 58.5 Å². The highest BCUT2D eigenvalue weighted by Gasteiger charge is 2.17. The fourth-order valence-electron chi connectivity index (χ4n) is 2.59. The summed E-state index contributed by atoms with van der Waals surface area (Å²) < 4.78 is 6.24. The topological polar surface area (TPSA) is 186 Å². The van der Waals surface area contributed by atoms with Crippen molar-refractivity contribution in [2.45, 2.75) is 13.5 Å². The predicted molar refractivity (Wildman–Crippen MR) is 135 cm³/mol. The van der Waals surface area contributed by atoms with E-state index in [0.717, 1.165) is 9.13 Å². The van der Waals surface area contributed by atoms with Crippen LogP contribution >= 0.6 is 34.2 Å². The molecule has 0 spiro atoms. The monoisotopic (exact) mass is 597 g/mol. The minimum Gasteiger partial charge on any atom is -0.438 e. The lowest BCUT2D eigenvalue weighted by Crippen LogP contribution is -2.39. The Balaban J connectivity index is 1.52. The fourth-order valence-corrected chi connectivity index (χ4v) is 3.14. The van der Waals surface area contributed by atoms with Crippen LogP contribution in [0.4, 0.5) is 11.6 Å². The zero-order valence-electron chi connectivity index (χ0n) is 17.9. The van der Waals surface area contributed by atoms with Gasteiger partial charge in [-0.2, -0.15) is 4.99 Å². The molecular weight excluding hydrogens is 577 g/mol. The Morgan fingerprint density at radius 3 is 2.56 bits per heavy atom. The normalized spacial score (nSPS) is 11.2. The molecule has 0 atom stereocenters. The molecule has 0 aliphatic heterocycles. The van der Waals surface area contributed by atoms with Gasteiger partial charge in [-0.05, 0) is 47.2 Å². The van der Waals surface area contributed by atoms with Crippen molar-refractivity contribution in [1.29, 1.82) is 0 Å². The van der Waals surface area contributed by atoms with Crippen LogP contribution in [0.25, 0.3) is 0 Å². The quantitative estimate of drug-likeness (QED) is 0.111. The fraction of sp³-hybridized carbons (Fsp3) is 0.200. The summed E-state index contributed by atoms with van der Waals surface area (Å²) in [6, 6.07) is 7.87. The smallest absolute Gasteiger partial charge is 0.307 e. The zero-order valence-corrected chi connectivity index (χ0v) is 20.8. The SMILES string of the molecule is Cc1cnc(C(=O)NCCN/C(N)=N/C(=O)c2nc(Cl)c(NCc3ccc(I)cc3)nc2N)o1. The highest BCUT2D eigenvalue weighted by molar-refractivity contribution is 14.1. The van der Waals surface area contributed by atoms with Crippen LogP contribution < -0.4 is 27.4 Å². The van der Waals surface area contributed by atoms with Gasteiger partial charge in [-0.15, -0.1) is 0 Å². The standard InChI is InChI=1S/C20H21ClIN9O3/c1-10-8-28-19(34-10)18(33)25-6-7-26-20(24)31-17(32)13-15(23)30-16(14(21)29-13)27-9-11-2-4-12(22)5-3-11/h2-5,8H,6-7,9H2,1H3,(H,25,33)(H3,23,27,30)(H3,24,26,31,32). The number of oxazole rings is 1. The van der Waals surface area contributed by atoms with Gasteiger partial charge in [0, 0.05) is 23.2 Å². The summed E-state index contributed by atoms with van der Waals surface area (Å²) in [6.45, 7) is 2.50. The maximum Gasteiger partial charge on any atom is 0.307 e. The number of nitrogens with one attached hydrogen (secondary N) is 3. The molecule has 1 aromatic carbocycles. The number of rotatable bonds is 8. The molecule has 14 heteroatoms. The van der Waals surface area contributed by atoms with Crippen molar-refractivity contribution in [3.63, 3.8) is 0 Å². The van der Waals surface area contributed by atoms with Gasteiger partial charge in [0.2, 0.25) is 0 Å². The average molecular weight is 598 g/mol. The van der Waals surface area contributed by atoms with Crippen LogP contribution in [0, 0.1) is 10.5 Å². The van der Waals surface area contributed by atoms with Gasteiger partial charge < -0.3 is 31.8 Å². The van der Waals surface area contributed by atoms with E-state index in [0.29, 0.717) is 12.3 Å². The van der Waals surface area contributed by atoms with E-state index >= 15 is 0 Å². The number of aryl methyl sites for hydroxylation is 1. The summed E-state index contributed by atoms with van der Waals surface area (Å²) in [6.07, 6.45) is 1.44. The van der Waals surface area contributed by atoms with Gasteiger partial charge in [0.05, 0.1) is 6.20 Å². The third-order valence-corrected chi connectivity index (χ3v) is 5.19. The molecule has 3 rings (SSSR count). The predicted octanol–water partition coefficient (Wildman–Crippen LogP) is 1.70. The van der Waals surface area contributed by atoms with E-state index < -0.39 is 11.8 Å². The van der Waals surface area contributed by atoms with Crippen molar-refractivity contribution in [2.75, 3.05) is 24.1 Å². The molecule has 0 aliphatic carbocycles. The van der Waals surface area contributed by atoms with Gasteiger partial charge in [0.15, 0.2) is 28.4 Å². The van der Waals surface area contributed by atoms with Crippen LogP contribution in [0.2, 0.25) is 5.15 Å². The van der Waals surface area contributed by atoms with Crippen LogP contribution in [-0.2, 0) is 6.54 Å². The maximum absolute atomic E-state index is 12.4. The van der Waals surface area contributed by atoms with Crippen molar-refractivity contribution in [3.8, 4) is 0 Å². The number of benzene rings is 1. The number of amides is 2. The van der Waals surface area contributed by atoms with E-state index in [4.69, 9.17) is 27.5 Å². The molecular formula is C20H21ClIN9O3. The average Bonchev–Trinajstić information content (AvgIpc) is 3.24. The number of hydrogen-bond donors (Lipinski definition) is 5. The number of nitrogen functional groups attached to an aromatic ring is 1. The number of halogens is 2. The molecule has 2 aromatic heterocycles. The number of guanidine groups is 1. The molecule has 0 aliphatic rings. The highest BCUT2D eigenvalue weighted by Crippen LogP contribution is 2.22. The first-order valence-corrected chi connectivity index (χ1v) is 11.3. The Hall–Kier alpha value is -3.46. The molecule has 2 amide bonds. The Labute approximate surface area is 213 Å². The Bertz CT molecular complexity index is 1210. The number of aromatic nitrogens is 3. The molecule has 0 fully saturated rings. The minimum atomic E-state index is -0.819. The lowest BCUT2D eigenvalue weighted by atomic mass is 10.2. The molecule has 0 radical (unpaired) electrons. The lowest BCUT2D eigenvalue weighted by molar-refractivity contribution is 0.0917. The molecule has 0 saturated carbocycles. The summed E-state index contributed by atoms with van der Waals surface area (Å²) in [4.78, 5) is 39.9. The third kappa shape index (κ3) is 7.02. The van der Waals surface area contributed by atoms with Crippen LogP contribution in [0.3, 0.4) is 0 Å². The van der Waals surface area contributed by atoms with Crippen molar-refractivity contribution in [2.24, 2.45) is 10.7 Å². The molecule has 12 nitrogen and oxygen atoms in total. The molecule has 2 heterocycles. The van der Waals surface area contributed by atoms with Crippen molar-refractivity contribution < 1.29 is 14.0 Å². The van der Waals surface area contributed by atoms with Gasteiger partial charge in [-0.25, -0.2) is 15.0 Å². The van der Waals surface area contributed by atoms with E-state index in [9.17, 15) is 9.59 Å². The van der Waals surface area contributed by atoms with Gasteiger partial charge in [0.1, 0.15) is 5.76 Å². The second-order valence-corrected chi connectivity index (χ2v) is 8.44. The first-order chi connectivity index (χ1) is 16.2. The minimum absolute atomic E-state index is 0.0331. The summed E-state index contributed by atoms with van der Waals surface area (Å²) in [7, 11) is 0. The lowest BCUT2D eigenvalue weighted by Gasteiger charge is -2.10. The second kappa shape index (κ2) is 11.6. The van der Waals surface area contributed by atoms with E-state index in [1.165, 1.54) is 6.20 Å². The zero-order chi connectivity index (χ0) is 24.7. The van der Waals surface area contributed by atoms with E-state index in [1.807, 2.05) is 24.3 Å². The van der Waals surface area contributed by atoms with Crippen LogP contribution in [0.5, 0.6) is 0 Å². The summed E-state index contributed by atoms with van der Waals surface area (Å²) in [5.74, 6) is -0.919. The molecule has 0 unspecified atom stereocenters. The molecule has 3 aromatic rings. The number of nitrogens with zero attached hydrogens (tertiary/aromatic N) is 4. The number of anilines is 2. The molecule has 178 valence electrons. The largest absolute Gasteiger partial charge is 0.438 e. The van der Waals surface area contributed by atoms with E-state index in [1.54, 1.807) is 6.92 Å². The molecule has 0 saturated heterocycles. The molecule has 34 heavy (non-hydrogen) atoms. The first kappa shape index (κ1) is 25.2. The maximum atomic E-state index is 12.4. The summed E-state index contributed by atoms with van der Waals surface area (Å²) in [5.41, 5.74) is 12.4. The van der Waals surface area contributed by atoms with Crippen molar-refractivity contribution in [1.82, 2.24) is 25.6 Å². The van der Waals surface area contributed by atoms with Gasteiger partial charge in [0.25, 0.3) is 5.89 Å². The molecule has 7 N–H and O–H groups in total. The summed E-state index contributed by atoms with van der Waals surface area (Å²) >= 11 is 8.38. The van der Waals surface area contributed by atoms with Gasteiger partial charge >= 0.3 is 11.8 Å². The Morgan fingerprint density at radius 1 is 1.18 bits per heavy atom. The first-order valence-electron chi connectivity index (χ1n) is 9.87. The summed E-state index contributed by atoms with van der Waals surface area (Å²) in [5, 5.41) is 8.27. The number of aliphatic imine (C=N–C) groups is 1. The van der Waals surface area contributed by atoms with Crippen LogP contribution in [0.15, 0.2) is 39.9 Å². The van der Waals surface area contributed by atoms with Crippen LogP contribution in [0.1, 0.15) is 32.5 Å². The second-order valence-electron chi connectivity index (χ2n) is 6.84. The van der Waals surface area contributed by atoms with Crippen molar-refractivity contribution in [3.05, 3.63) is 62.1 Å². The Kier molecular flexibility index (Phi) is 8.59.